The van der Waals surface area contributed by atoms with E-state index in [1.165, 1.54) is 136 Å². The van der Waals surface area contributed by atoms with Gasteiger partial charge in [-0.1, -0.05) is 161 Å². The van der Waals surface area contributed by atoms with Crippen LogP contribution < -0.4 is 4.90 Å². The molecule has 11 rings (SSSR count). The van der Waals surface area contributed by atoms with Crippen LogP contribution in [0.2, 0.25) is 0 Å². The van der Waals surface area contributed by atoms with E-state index >= 15 is 0 Å². The van der Waals surface area contributed by atoms with E-state index in [4.69, 9.17) is 0 Å². The Labute approximate surface area is 339 Å². The molecular formula is C56H53N. The van der Waals surface area contributed by atoms with Crippen LogP contribution in [0.4, 0.5) is 17.1 Å². The Kier molecular flexibility index (Phi) is 8.50. The fourth-order valence-electron chi connectivity index (χ4n) is 11.9. The molecule has 1 nitrogen and oxygen atoms in total. The molecule has 0 aromatic heterocycles. The lowest BCUT2D eigenvalue weighted by molar-refractivity contribution is 0.420. The van der Waals surface area contributed by atoms with E-state index in [0.717, 1.165) is 17.8 Å². The summed E-state index contributed by atoms with van der Waals surface area (Å²) in [7, 11) is 0. The number of fused-ring (bicyclic) bond motifs is 6. The van der Waals surface area contributed by atoms with Crippen molar-refractivity contribution in [1.82, 2.24) is 0 Å². The maximum atomic E-state index is 2.60. The lowest BCUT2D eigenvalue weighted by Gasteiger charge is -2.31. The van der Waals surface area contributed by atoms with Gasteiger partial charge in [-0.05, 0) is 147 Å². The van der Waals surface area contributed by atoms with E-state index in [1.807, 2.05) is 0 Å². The zero-order valence-corrected chi connectivity index (χ0v) is 33.6. The third-order valence-electron chi connectivity index (χ3n) is 14.8. The van der Waals surface area contributed by atoms with Gasteiger partial charge in [0.2, 0.25) is 0 Å². The van der Waals surface area contributed by atoms with Gasteiger partial charge in [0.25, 0.3) is 0 Å². The number of nitrogens with zero attached hydrogens (tertiary/aromatic N) is 1. The Bertz CT molecular complexity index is 2580. The minimum atomic E-state index is -0.149. The largest absolute Gasteiger partial charge is 0.310 e. The Balaban J connectivity index is 1.05. The number of benzene rings is 7. The second-order valence-electron chi connectivity index (χ2n) is 18.3. The molecule has 1 heteroatoms. The van der Waals surface area contributed by atoms with E-state index < -0.39 is 0 Å². The number of hydrogen-bond donors (Lipinski definition) is 0. The Morgan fingerprint density at radius 1 is 0.526 bits per heavy atom. The van der Waals surface area contributed by atoms with E-state index in [1.54, 1.807) is 5.56 Å². The first-order valence-electron chi connectivity index (χ1n) is 21.9. The quantitative estimate of drug-likeness (QED) is 0.157. The van der Waals surface area contributed by atoms with Crippen molar-refractivity contribution in [2.45, 2.75) is 88.9 Å². The predicted molar refractivity (Wildman–Crippen MR) is 241 cm³/mol. The van der Waals surface area contributed by atoms with Crippen LogP contribution in [0.15, 0.2) is 152 Å². The van der Waals surface area contributed by atoms with Crippen LogP contribution >= 0.6 is 0 Å². The molecule has 3 fully saturated rings. The summed E-state index contributed by atoms with van der Waals surface area (Å²) in [4.78, 5) is 2.60. The Morgan fingerprint density at radius 3 is 2.00 bits per heavy atom. The van der Waals surface area contributed by atoms with Gasteiger partial charge in [-0.3, -0.25) is 0 Å². The van der Waals surface area contributed by atoms with Crippen LogP contribution in [0.25, 0.3) is 44.2 Å². The first-order chi connectivity index (χ1) is 28.0. The van der Waals surface area contributed by atoms with E-state index in [0.29, 0.717) is 5.92 Å². The van der Waals surface area contributed by atoms with Gasteiger partial charge in [0.1, 0.15) is 0 Å². The van der Waals surface area contributed by atoms with Gasteiger partial charge in [0, 0.05) is 22.2 Å². The summed E-state index contributed by atoms with van der Waals surface area (Å²) >= 11 is 0. The monoisotopic (exact) mass is 739 g/mol. The van der Waals surface area contributed by atoms with Gasteiger partial charge in [-0.2, -0.15) is 0 Å². The van der Waals surface area contributed by atoms with Crippen molar-refractivity contribution >= 4 is 27.8 Å². The first-order valence-corrected chi connectivity index (χ1v) is 21.9. The average Bonchev–Trinajstić information content (AvgIpc) is 3.97. The molecule has 0 radical (unpaired) electrons. The minimum Gasteiger partial charge on any atom is -0.310 e. The van der Waals surface area contributed by atoms with Crippen molar-refractivity contribution < 1.29 is 0 Å². The van der Waals surface area contributed by atoms with Gasteiger partial charge in [-0.25, -0.2) is 0 Å². The molecule has 0 spiro atoms. The van der Waals surface area contributed by atoms with Crippen LogP contribution in [0, 0.1) is 11.8 Å². The third-order valence-corrected chi connectivity index (χ3v) is 14.8. The molecule has 4 aliphatic rings. The maximum Gasteiger partial charge on any atom is 0.0542 e. The molecule has 3 atom stereocenters. The summed E-state index contributed by atoms with van der Waals surface area (Å²) in [5.74, 6) is 3.16. The van der Waals surface area contributed by atoms with Gasteiger partial charge >= 0.3 is 0 Å². The zero-order chi connectivity index (χ0) is 38.1. The van der Waals surface area contributed by atoms with Gasteiger partial charge < -0.3 is 4.90 Å². The molecule has 4 aliphatic carbocycles. The molecule has 0 aliphatic heterocycles. The minimum absolute atomic E-state index is 0.149. The van der Waals surface area contributed by atoms with Crippen molar-refractivity contribution in [2.24, 2.45) is 11.8 Å². The van der Waals surface area contributed by atoms with Crippen molar-refractivity contribution in [2.75, 3.05) is 4.90 Å². The summed E-state index contributed by atoms with van der Waals surface area (Å²) < 4.78 is 0. The fraction of sp³-hybridized carbons (Fsp3) is 0.286. The second-order valence-corrected chi connectivity index (χ2v) is 18.3. The molecule has 0 saturated heterocycles. The molecule has 282 valence electrons. The lowest BCUT2D eigenvalue weighted by Crippen LogP contribution is -2.17. The molecule has 57 heavy (non-hydrogen) atoms. The second kappa shape index (κ2) is 13.9. The molecule has 3 saturated carbocycles. The average molecular weight is 740 g/mol. The molecule has 0 amide bonds. The summed E-state index contributed by atoms with van der Waals surface area (Å²) in [6, 6.07) is 58.1. The van der Waals surface area contributed by atoms with Crippen LogP contribution in [0.3, 0.4) is 0 Å². The fourth-order valence-corrected chi connectivity index (χ4v) is 11.9. The number of anilines is 3. The highest BCUT2D eigenvalue weighted by molar-refractivity contribution is 6.02. The van der Waals surface area contributed by atoms with E-state index in [9.17, 15) is 0 Å². The van der Waals surface area contributed by atoms with Gasteiger partial charge in [-0.15, -0.1) is 0 Å². The standard InChI is InChI=1S/C56H53N/c1-56(2)51-20-11-19-48(41-26-24-39(25-27-41)38-12-5-3-6-13-38)55(51)49-33-32-46(36-52(49)56)57(45-30-28-42(29-31-45)50-35-37-22-23-44(50)34-37)53-21-10-17-43-16-9-18-47(54(43)53)40-14-7-4-8-15-40/h3,5-6,9-13,16-21,24-33,36-37,40,44,50H,4,7-8,14-15,22-23,34-35H2,1-2H3. The van der Waals surface area contributed by atoms with Gasteiger partial charge in [0.15, 0.2) is 0 Å². The molecule has 7 aromatic carbocycles. The van der Waals surface area contributed by atoms with Crippen LogP contribution in [0.1, 0.15) is 106 Å². The SMILES string of the molecule is CC1(C)c2cc(N(c3ccc(C4CC5CCC4C5)cc3)c3cccc4cccc(C5CCCCC5)c34)ccc2-c2c(-c3ccc(-c4ccccc4)cc3)cccc21. The molecule has 2 bridgehead atoms. The van der Waals surface area contributed by atoms with Crippen LogP contribution in [-0.4, -0.2) is 0 Å². The van der Waals surface area contributed by atoms with Crippen molar-refractivity contribution in [1.29, 1.82) is 0 Å². The van der Waals surface area contributed by atoms with Crippen LogP contribution in [-0.2, 0) is 5.41 Å². The highest BCUT2D eigenvalue weighted by Gasteiger charge is 2.40. The molecular weight excluding hydrogens is 687 g/mol. The maximum absolute atomic E-state index is 2.60. The molecule has 7 aromatic rings. The Morgan fingerprint density at radius 2 is 1.25 bits per heavy atom. The lowest BCUT2D eigenvalue weighted by atomic mass is 9.81. The first kappa shape index (κ1) is 34.8. The summed E-state index contributed by atoms with van der Waals surface area (Å²) in [5.41, 5.74) is 17.3. The third kappa shape index (κ3) is 5.88. The van der Waals surface area contributed by atoms with Crippen molar-refractivity contribution in [3.8, 4) is 33.4 Å². The van der Waals surface area contributed by atoms with Crippen LogP contribution in [0.5, 0.6) is 0 Å². The van der Waals surface area contributed by atoms with Crippen molar-refractivity contribution in [3.05, 3.63) is 174 Å². The van der Waals surface area contributed by atoms with Gasteiger partial charge in [0.05, 0.1) is 5.69 Å². The number of rotatable bonds is 7. The van der Waals surface area contributed by atoms with E-state index in [2.05, 4.69) is 170 Å². The topological polar surface area (TPSA) is 3.24 Å². The summed E-state index contributed by atoms with van der Waals surface area (Å²) in [5, 5.41) is 2.77. The molecule has 0 N–H and O–H groups in total. The smallest absolute Gasteiger partial charge is 0.0542 e. The number of hydrogen-bond acceptors (Lipinski definition) is 1. The zero-order valence-electron chi connectivity index (χ0n) is 33.6. The summed E-state index contributed by atoms with van der Waals surface area (Å²) in [6.45, 7) is 4.86. The predicted octanol–water partition coefficient (Wildman–Crippen LogP) is 15.9. The highest BCUT2D eigenvalue weighted by atomic mass is 15.1. The molecule has 3 unspecified atom stereocenters. The highest BCUT2D eigenvalue weighted by Crippen LogP contribution is 2.56. The van der Waals surface area contributed by atoms with Crippen molar-refractivity contribution in [3.63, 3.8) is 0 Å². The molecule has 0 heterocycles. The summed E-state index contributed by atoms with van der Waals surface area (Å²) in [6.07, 6.45) is 12.3. The Hall–Kier alpha value is -5.40. The normalized spacial score (nSPS) is 20.8. The van der Waals surface area contributed by atoms with E-state index in [-0.39, 0.29) is 5.41 Å².